The Morgan fingerprint density at radius 2 is 1.62 bits per heavy atom. The average Bonchev–Trinajstić information content (AvgIpc) is 2.52. The van der Waals surface area contributed by atoms with E-state index in [1.165, 1.54) is 62.6 Å². The molecule has 0 amide bonds. The van der Waals surface area contributed by atoms with Crippen molar-refractivity contribution < 1.29 is 0 Å². The van der Waals surface area contributed by atoms with E-state index in [0.29, 0.717) is 0 Å². The Bertz CT molecular complexity index is 351. The third-order valence-electron chi connectivity index (χ3n) is 3.89. The van der Waals surface area contributed by atoms with E-state index in [9.17, 15) is 0 Å². The van der Waals surface area contributed by atoms with Gasteiger partial charge in [0.2, 0.25) is 0 Å². The molecule has 120 valence electrons. The lowest BCUT2D eigenvalue weighted by molar-refractivity contribution is 0.581. The third-order valence-corrected chi connectivity index (χ3v) is 4.15. The fourth-order valence-corrected chi connectivity index (χ4v) is 2.73. The number of hydrogen-bond acceptors (Lipinski definition) is 1. The van der Waals surface area contributed by atoms with E-state index in [1.54, 1.807) is 0 Å². The van der Waals surface area contributed by atoms with Crippen LogP contribution in [-0.4, -0.2) is 12.4 Å². The molecule has 0 spiro atoms. The molecule has 1 aromatic rings. The summed E-state index contributed by atoms with van der Waals surface area (Å²) in [7, 11) is 0. The Morgan fingerprint density at radius 1 is 0.905 bits per heavy atom. The largest absolute Gasteiger partial charge is 0.385 e. The van der Waals surface area contributed by atoms with E-state index in [0.717, 1.165) is 25.3 Å². The maximum Gasteiger partial charge on any atom is 0.0342 e. The normalized spacial score (nSPS) is 10.8. The summed E-state index contributed by atoms with van der Waals surface area (Å²) in [5, 5.41) is 3.54. The monoisotopic (exact) mass is 309 g/mol. The number of aryl methyl sites for hydroxylation is 1. The van der Waals surface area contributed by atoms with Crippen LogP contribution in [0.25, 0.3) is 0 Å². The van der Waals surface area contributed by atoms with Crippen molar-refractivity contribution in [2.45, 2.75) is 71.1 Å². The Hall–Kier alpha value is -0.690. The summed E-state index contributed by atoms with van der Waals surface area (Å²) < 4.78 is 0. The van der Waals surface area contributed by atoms with E-state index in [-0.39, 0.29) is 0 Å². The summed E-state index contributed by atoms with van der Waals surface area (Å²) in [5.74, 6) is 0.746. The van der Waals surface area contributed by atoms with Gasteiger partial charge < -0.3 is 5.32 Å². The van der Waals surface area contributed by atoms with Crippen molar-refractivity contribution in [2.75, 3.05) is 17.7 Å². The zero-order valence-corrected chi connectivity index (χ0v) is 14.4. The molecule has 21 heavy (non-hydrogen) atoms. The molecular weight excluding hydrogens is 278 g/mol. The van der Waals surface area contributed by atoms with Gasteiger partial charge in [-0.05, 0) is 37.0 Å². The predicted octanol–water partition coefficient (Wildman–Crippen LogP) is 6.41. The van der Waals surface area contributed by atoms with Crippen molar-refractivity contribution in [3.05, 3.63) is 29.8 Å². The van der Waals surface area contributed by atoms with E-state index < -0.39 is 0 Å². The van der Waals surface area contributed by atoms with Crippen LogP contribution in [-0.2, 0) is 6.42 Å². The molecular formula is C19H32ClN. The van der Waals surface area contributed by atoms with E-state index in [2.05, 4.69) is 36.5 Å². The first-order chi connectivity index (χ1) is 10.4. The van der Waals surface area contributed by atoms with Gasteiger partial charge in [0.05, 0.1) is 0 Å². The molecule has 0 bridgehead atoms. The minimum absolute atomic E-state index is 0.746. The Balaban J connectivity index is 2.04. The fourth-order valence-electron chi connectivity index (χ4n) is 2.60. The second kappa shape index (κ2) is 13.0. The number of rotatable bonds is 13. The maximum atomic E-state index is 5.75. The van der Waals surface area contributed by atoms with Crippen LogP contribution >= 0.6 is 11.6 Å². The first-order valence-corrected chi connectivity index (χ1v) is 9.29. The van der Waals surface area contributed by atoms with Crippen molar-refractivity contribution in [3.63, 3.8) is 0 Å². The highest BCUT2D eigenvalue weighted by Crippen LogP contribution is 2.13. The lowest BCUT2D eigenvalue weighted by atomic mass is 10.1. The number of alkyl halides is 1. The molecule has 0 aliphatic rings. The third kappa shape index (κ3) is 9.79. The molecule has 0 heterocycles. The standard InChI is InChI=1S/C19H32ClN/c1-2-3-4-5-6-7-8-9-16-21-19-14-10-12-18(17-19)13-11-15-20/h10,12,14,17,21H,2-9,11,13,15-16H2,1H3. The van der Waals surface area contributed by atoms with Crippen molar-refractivity contribution in [3.8, 4) is 0 Å². The van der Waals surface area contributed by atoms with Crippen LogP contribution < -0.4 is 5.32 Å². The fraction of sp³-hybridized carbons (Fsp3) is 0.684. The summed E-state index contributed by atoms with van der Waals surface area (Å²) in [6, 6.07) is 8.75. The topological polar surface area (TPSA) is 12.0 Å². The molecule has 0 saturated carbocycles. The van der Waals surface area contributed by atoms with Crippen molar-refractivity contribution in [1.29, 1.82) is 0 Å². The molecule has 1 rings (SSSR count). The molecule has 0 radical (unpaired) electrons. The summed E-state index contributed by atoms with van der Waals surface area (Å²) in [4.78, 5) is 0. The quantitative estimate of drug-likeness (QED) is 0.328. The first-order valence-electron chi connectivity index (χ1n) is 8.75. The predicted molar refractivity (Wildman–Crippen MR) is 96.6 cm³/mol. The molecule has 0 fully saturated rings. The lowest BCUT2D eigenvalue weighted by Gasteiger charge is -2.08. The van der Waals surface area contributed by atoms with Gasteiger partial charge in [-0.3, -0.25) is 0 Å². The minimum Gasteiger partial charge on any atom is -0.385 e. The number of unbranched alkanes of at least 4 members (excludes halogenated alkanes) is 7. The molecule has 0 aliphatic carbocycles. The van der Waals surface area contributed by atoms with Gasteiger partial charge >= 0.3 is 0 Å². The second-order valence-corrected chi connectivity index (χ2v) is 6.27. The van der Waals surface area contributed by atoms with Gasteiger partial charge in [0, 0.05) is 18.1 Å². The summed E-state index contributed by atoms with van der Waals surface area (Å²) >= 11 is 5.75. The van der Waals surface area contributed by atoms with E-state index >= 15 is 0 Å². The number of benzene rings is 1. The Morgan fingerprint density at radius 3 is 2.33 bits per heavy atom. The zero-order valence-electron chi connectivity index (χ0n) is 13.7. The van der Waals surface area contributed by atoms with Gasteiger partial charge in [0.15, 0.2) is 0 Å². The molecule has 1 aromatic carbocycles. The number of anilines is 1. The van der Waals surface area contributed by atoms with Gasteiger partial charge in [0.1, 0.15) is 0 Å². The number of halogens is 1. The smallest absolute Gasteiger partial charge is 0.0342 e. The van der Waals surface area contributed by atoms with Crippen molar-refractivity contribution in [2.24, 2.45) is 0 Å². The van der Waals surface area contributed by atoms with Gasteiger partial charge in [-0.1, -0.05) is 64.0 Å². The lowest BCUT2D eigenvalue weighted by Crippen LogP contribution is -2.01. The van der Waals surface area contributed by atoms with E-state index in [1.807, 2.05) is 0 Å². The molecule has 0 unspecified atom stereocenters. The van der Waals surface area contributed by atoms with Crippen LogP contribution in [0.3, 0.4) is 0 Å². The zero-order chi connectivity index (χ0) is 15.2. The molecule has 2 heteroatoms. The summed E-state index contributed by atoms with van der Waals surface area (Å²) in [6.07, 6.45) is 13.2. The van der Waals surface area contributed by atoms with Crippen LogP contribution in [0.15, 0.2) is 24.3 Å². The summed E-state index contributed by atoms with van der Waals surface area (Å²) in [6.45, 7) is 3.37. The van der Waals surface area contributed by atoms with Crippen molar-refractivity contribution >= 4 is 17.3 Å². The Kier molecular flexibility index (Phi) is 11.4. The van der Waals surface area contributed by atoms with Gasteiger partial charge in [-0.25, -0.2) is 0 Å². The molecule has 1 nitrogen and oxygen atoms in total. The van der Waals surface area contributed by atoms with Gasteiger partial charge in [-0.15, -0.1) is 11.6 Å². The van der Waals surface area contributed by atoms with Crippen LogP contribution in [0.1, 0.15) is 70.3 Å². The van der Waals surface area contributed by atoms with Gasteiger partial charge in [0.25, 0.3) is 0 Å². The maximum absolute atomic E-state index is 5.75. The number of nitrogens with one attached hydrogen (secondary N) is 1. The van der Waals surface area contributed by atoms with Crippen LogP contribution in [0.4, 0.5) is 5.69 Å². The molecule has 0 aliphatic heterocycles. The highest BCUT2D eigenvalue weighted by atomic mass is 35.5. The van der Waals surface area contributed by atoms with E-state index in [4.69, 9.17) is 11.6 Å². The van der Waals surface area contributed by atoms with Gasteiger partial charge in [-0.2, -0.15) is 0 Å². The SMILES string of the molecule is CCCCCCCCCCNc1cccc(CCCCl)c1. The van der Waals surface area contributed by atoms with Crippen LogP contribution in [0, 0.1) is 0 Å². The number of hydrogen-bond donors (Lipinski definition) is 1. The molecule has 0 atom stereocenters. The highest BCUT2D eigenvalue weighted by Gasteiger charge is 1.96. The second-order valence-electron chi connectivity index (χ2n) is 5.89. The average molecular weight is 310 g/mol. The summed E-state index contributed by atoms with van der Waals surface area (Å²) in [5.41, 5.74) is 2.64. The highest BCUT2D eigenvalue weighted by molar-refractivity contribution is 6.17. The van der Waals surface area contributed by atoms with Crippen molar-refractivity contribution in [1.82, 2.24) is 0 Å². The molecule has 0 aromatic heterocycles. The molecule has 0 saturated heterocycles. The van der Waals surface area contributed by atoms with Crippen LogP contribution in [0.2, 0.25) is 0 Å². The van der Waals surface area contributed by atoms with Crippen LogP contribution in [0.5, 0.6) is 0 Å². The Labute approximate surface area is 136 Å². The first kappa shape index (κ1) is 18.4. The molecule has 1 N–H and O–H groups in total. The minimum atomic E-state index is 0.746.